The highest BCUT2D eigenvalue weighted by Crippen LogP contribution is 2.02. The topological polar surface area (TPSA) is 362 Å². The molecule has 26 nitrogen and oxygen atoms in total. The Balaban J connectivity index is 0.000000606. The van der Waals surface area contributed by atoms with Crippen LogP contribution in [0, 0.1) is 20.8 Å². The SMILES string of the molecule is Cc1cc(=O)[nH]c(NC(=O)CCCCOCCOCCOCCCNC(=O)Nc2nc(C)cc(=O)[nH]2)n1.Cc1cc(=O)[nH]c(NC(=O)n2ccnc2)n1.ClCCl.NCCCOCCOCCOCCCN. The first-order chi connectivity index (χ1) is 34.3. The van der Waals surface area contributed by atoms with Gasteiger partial charge in [0.15, 0.2) is 0 Å². The molecule has 0 aliphatic heterocycles. The Kier molecular flexibility index (Phi) is 37.5. The molecule has 398 valence electrons. The van der Waals surface area contributed by atoms with Crippen molar-refractivity contribution in [2.75, 3.05) is 120 Å². The van der Waals surface area contributed by atoms with Crippen LogP contribution in [0.5, 0.6) is 0 Å². The van der Waals surface area contributed by atoms with Gasteiger partial charge in [-0.05, 0) is 66.0 Å². The average molecular weight is 1050 g/mol. The number of hydrogen-bond acceptors (Lipinski definition) is 18. The zero-order valence-corrected chi connectivity index (χ0v) is 42.1. The summed E-state index contributed by atoms with van der Waals surface area (Å²) < 4.78 is 33.4. The number of carbonyl (C=O) groups excluding carboxylic acids is 3. The number of carbonyl (C=O) groups is 3. The first-order valence-corrected chi connectivity index (χ1v) is 23.7. The molecular weight excluding hydrogens is 975 g/mol. The van der Waals surface area contributed by atoms with Crippen LogP contribution in [0.3, 0.4) is 0 Å². The lowest BCUT2D eigenvalue weighted by atomic mass is 10.2. The molecule has 4 heterocycles. The van der Waals surface area contributed by atoms with Gasteiger partial charge in [0, 0.05) is 87.1 Å². The summed E-state index contributed by atoms with van der Waals surface area (Å²) in [6, 6.07) is 3.13. The van der Waals surface area contributed by atoms with Crippen molar-refractivity contribution in [3.63, 3.8) is 0 Å². The summed E-state index contributed by atoms with van der Waals surface area (Å²) in [7, 11) is 0. The zero-order valence-electron chi connectivity index (χ0n) is 40.6. The predicted octanol–water partition coefficient (Wildman–Crippen LogP) is 2.35. The van der Waals surface area contributed by atoms with E-state index in [0.717, 1.165) is 19.3 Å². The van der Waals surface area contributed by atoms with Gasteiger partial charge in [-0.1, -0.05) is 0 Å². The Bertz CT molecular complexity index is 2100. The monoisotopic (exact) mass is 1040 g/mol. The third-order valence-electron chi connectivity index (χ3n) is 8.23. The van der Waals surface area contributed by atoms with E-state index < -0.39 is 12.1 Å². The van der Waals surface area contributed by atoms with Crippen LogP contribution < -0.4 is 49.4 Å². The van der Waals surface area contributed by atoms with Gasteiger partial charge < -0.3 is 45.2 Å². The minimum absolute atomic E-state index is 0.0958. The molecule has 0 atom stereocenters. The van der Waals surface area contributed by atoms with Crippen LogP contribution in [0.1, 0.15) is 55.6 Å². The highest BCUT2D eigenvalue weighted by atomic mass is 35.5. The number of anilines is 3. The molecule has 0 fully saturated rings. The van der Waals surface area contributed by atoms with Crippen LogP contribution >= 0.6 is 23.2 Å². The third-order valence-corrected chi connectivity index (χ3v) is 8.23. The summed E-state index contributed by atoms with van der Waals surface area (Å²) in [4.78, 5) is 92.1. The van der Waals surface area contributed by atoms with E-state index in [9.17, 15) is 28.8 Å². The quantitative estimate of drug-likeness (QED) is 0.0267. The summed E-state index contributed by atoms with van der Waals surface area (Å²) in [6.45, 7) is 13.4. The Morgan fingerprint density at radius 1 is 0.577 bits per heavy atom. The van der Waals surface area contributed by atoms with E-state index in [0.29, 0.717) is 135 Å². The normalized spacial score (nSPS) is 10.4. The number of alkyl halides is 2. The lowest BCUT2D eigenvalue weighted by molar-refractivity contribution is -0.116. The summed E-state index contributed by atoms with van der Waals surface area (Å²) in [5.41, 5.74) is 11.2. The van der Waals surface area contributed by atoms with E-state index in [1.807, 2.05) is 0 Å². The molecule has 4 aromatic heterocycles. The molecule has 0 aliphatic carbocycles. The van der Waals surface area contributed by atoms with Crippen LogP contribution in [0.15, 0.2) is 51.3 Å². The molecule has 0 aliphatic rings. The number of aromatic amines is 3. The molecule has 0 unspecified atom stereocenters. The number of aromatic nitrogens is 8. The van der Waals surface area contributed by atoms with Crippen molar-refractivity contribution in [2.45, 2.75) is 59.3 Å². The molecule has 0 bridgehead atoms. The Labute approximate surface area is 421 Å². The molecule has 28 heteroatoms. The van der Waals surface area contributed by atoms with Crippen LogP contribution in [-0.2, 0) is 33.2 Å². The molecule has 71 heavy (non-hydrogen) atoms. The molecule has 4 rings (SSSR count). The number of imidazole rings is 1. The van der Waals surface area contributed by atoms with E-state index in [1.165, 1.54) is 41.5 Å². The largest absolute Gasteiger partial charge is 0.379 e. The maximum atomic E-state index is 11.9. The summed E-state index contributed by atoms with van der Waals surface area (Å²) in [5.74, 6) is 0.151. The fourth-order valence-electron chi connectivity index (χ4n) is 5.13. The van der Waals surface area contributed by atoms with Crippen molar-refractivity contribution >= 4 is 59.0 Å². The smallest absolute Gasteiger partial charge is 0.333 e. The maximum Gasteiger partial charge on any atom is 0.333 e. The number of nitrogens with two attached hydrogens (primary N) is 2. The van der Waals surface area contributed by atoms with Crippen molar-refractivity contribution in [3.8, 4) is 0 Å². The fourth-order valence-corrected chi connectivity index (χ4v) is 5.13. The molecule has 0 spiro atoms. The first kappa shape index (κ1) is 63.3. The molecule has 0 radical (unpaired) electrons. The van der Waals surface area contributed by atoms with Gasteiger partial charge in [0.25, 0.3) is 16.7 Å². The van der Waals surface area contributed by atoms with Crippen LogP contribution in [-0.4, -0.2) is 162 Å². The van der Waals surface area contributed by atoms with E-state index in [4.69, 9.17) is 63.1 Å². The number of aryl methyl sites for hydroxylation is 3. The van der Waals surface area contributed by atoms with E-state index in [-0.39, 0.29) is 45.8 Å². The molecule has 11 N–H and O–H groups in total. The van der Waals surface area contributed by atoms with Gasteiger partial charge >= 0.3 is 12.1 Å². The molecular formula is C43H70Cl2N14O12. The fraction of sp³-hybridized carbons (Fsp3) is 0.581. The second-order valence-corrected chi connectivity index (χ2v) is 15.2. The number of ether oxygens (including phenoxy) is 6. The van der Waals surface area contributed by atoms with E-state index in [2.05, 4.69) is 56.2 Å². The number of halogens is 2. The number of hydrogen-bond donors (Lipinski definition) is 9. The van der Waals surface area contributed by atoms with Gasteiger partial charge in [0.1, 0.15) is 6.33 Å². The molecule has 4 amide bonds. The van der Waals surface area contributed by atoms with E-state index in [1.54, 1.807) is 20.8 Å². The standard InChI is InChI=1S/C23H35N7O7.C10H24N2O3.C9H9N5O2.CH2Cl2/c1-16-14-19(32)28-21(25-16)27-18(31)6-3-4-8-35-10-12-37-13-11-36-9-5-7-24-23(34)30-22-26-17(2)15-20(33)29-22;11-3-1-5-13-7-9-15-10-8-14-6-2-4-12;1-6-4-7(15)12-8(11-6)13-9(16)14-3-2-10-5-14;2-1-3/h14-15H,3-13H2,1-2H3,(H2,25,27,28,31,32)(H3,24,26,29,30,33,34);1-12H2;2-5H,1H3,(H2,11,12,13,15,16);1H2. The summed E-state index contributed by atoms with van der Waals surface area (Å²) in [5, 5.41) is 10.3. The second-order valence-electron chi connectivity index (χ2n) is 14.4. The van der Waals surface area contributed by atoms with Gasteiger partial charge in [-0.2, -0.15) is 0 Å². The molecule has 4 aromatic rings. The number of amides is 4. The third kappa shape index (κ3) is 36.0. The Morgan fingerprint density at radius 2 is 0.972 bits per heavy atom. The van der Waals surface area contributed by atoms with Crippen LogP contribution in [0.2, 0.25) is 0 Å². The van der Waals surface area contributed by atoms with Gasteiger partial charge in [0.05, 0.1) is 58.2 Å². The van der Waals surface area contributed by atoms with Gasteiger partial charge in [0.2, 0.25) is 23.8 Å². The average Bonchev–Trinajstić information content (AvgIpc) is 3.85. The summed E-state index contributed by atoms with van der Waals surface area (Å²) >= 11 is 9.53. The first-order valence-electron chi connectivity index (χ1n) is 22.7. The van der Waals surface area contributed by atoms with Gasteiger partial charge in [-0.25, -0.2) is 29.5 Å². The number of nitrogens with one attached hydrogen (secondary N) is 7. The minimum Gasteiger partial charge on any atom is -0.379 e. The van der Waals surface area contributed by atoms with Crippen molar-refractivity contribution in [2.24, 2.45) is 11.5 Å². The maximum absolute atomic E-state index is 11.9. The number of nitrogens with zero attached hydrogens (tertiary/aromatic N) is 5. The van der Waals surface area contributed by atoms with Crippen molar-refractivity contribution in [3.05, 3.63) is 85.1 Å². The minimum atomic E-state index is -0.461. The van der Waals surface area contributed by atoms with Gasteiger partial charge in [-0.3, -0.25) is 54.6 Å². The van der Waals surface area contributed by atoms with Crippen LogP contribution in [0.25, 0.3) is 0 Å². The highest BCUT2D eigenvalue weighted by molar-refractivity contribution is 6.40. The van der Waals surface area contributed by atoms with Gasteiger partial charge in [-0.15, -0.1) is 23.2 Å². The number of rotatable bonds is 30. The van der Waals surface area contributed by atoms with Crippen molar-refractivity contribution in [1.82, 2.24) is 44.8 Å². The Hall–Kier alpha value is -5.68. The highest BCUT2D eigenvalue weighted by Gasteiger charge is 2.08. The number of unbranched alkanes of at least 4 members (excludes halogenated alkanes) is 1. The molecule has 0 saturated heterocycles. The molecule has 0 aromatic carbocycles. The number of H-pyrrole nitrogens is 3. The van der Waals surface area contributed by atoms with Crippen molar-refractivity contribution in [1.29, 1.82) is 0 Å². The van der Waals surface area contributed by atoms with E-state index >= 15 is 0 Å². The lowest BCUT2D eigenvalue weighted by Gasteiger charge is -2.08. The number of urea groups is 1. The van der Waals surface area contributed by atoms with Crippen LogP contribution in [0.4, 0.5) is 27.4 Å². The molecule has 0 saturated carbocycles. The van der Waals surface area contributed by atoms with Crippen molar-refractivity contribution < 1.29 is 42.8 Å². The second kappa shape index (κ2) is 42.0. The summed E-state index contributed by atoms with van der Waals surface area (Å²) in [6.07, 6.45) is 8.42. The Morgan fingerprint density at radius 3 is 1.38 bits per heavy atom. The predicted molar refractivity (Wildman–Crippen MR) is 268 cm³/mol. The zero-order chi connectivity index (χ0) is 52.3. The lowest BCUT2D eigenvalue weighted by Crippen LogP contribution is -2.31.